The van der Waals surface area contributed by atoms with Crippen molar-refractivity contribution < 1.29 is 18.8 Å². The number of aromatic nitrogens is 1. The molecule has 0 radical (unpaired) electrons. The number of benzene rings is 3. The molecule has 1 aromatic heterocycles. The molecule has 3 N–H and O–H groups in total. The van der Waals surface area contributed by atoms with Crippen LogP contribution in [0.3, 0.4) is 0 Å². The van der Waals surface area contributed by atoms with Gasteiger partial charge in [0.25, 0.3) is 0 Å². The highest BCUT2D eigenvalue weighted by atomic mass is 35.5. The molecule has 0 aliphatic carbocycles. The number of hydrogen-bond acceptors (Lipinski definition) is 4. The number of nitrogens with one attached hydrogen (secondary N) is 3. The van der Waals surface area contributed by atoms with Gasteiger partial charge in [-0.25, -0.2) is 9.29 Å². The van der Waals surface area contributed by atoms with Crippen LogP contribution in [0.4, 0.5) is 15.8 Å². The van der Waals surface area contributed by atoms with Crippen molar-refractivity contribution in [1.82, 2.24) is 10.3 Å². The second kappa shape index (κ2) is 8.39. The van der Waals surface area contributed by atoms with E-state index < -0.39 is 47.0 Å². The average Bonchev–Trinajstić information content (AvgIpc) is 3.61. The van der Waals surface area contributed by atoms with Gasteiger partial charge in [0.15, 0.2) is 0 Å². The number of imide groups is 1. The van der Waals surface area contributed by atoms with Crippen molar-refractivity contribution in [2.75, 3.05) is 10.2 Å². The molecule has 7 nitrogen and oxygen atoms in total. The smallest absolute Gasteiger partial charge is 0.250 e. The SMILES string of the molecule is Cc1cc(Cl)cc2c1NC(=O)C21NC(Cc2c[nH]c3ccccc23)[C@H]2C(=O)N(c3ccc(F)c(Cl)c3)C(=O)[C@H]21. The molecule has 10 heteroatoms. The summed E-state index contributed by atoms with van der Waals surface area (Å²) < 4.78 is 13.9. The van der Waals surface area contributed by atoms with Crippen molar-refractivity contribution in [3.63, 3.8) is 0 Å². The summed E-state index contributed by atoms with van der Waals surface area (Å²) >= 11 is 12.5. The summed E-state index contributed by atoms with van der Waals surface area (Å²) in [5.41, 5.74) is 2.40. The van der Waals surface area contributed by atoms with Gasteiger partial charge >= 0.3 is 0 Å². The van der Waals surface area contributed by atoms with E-state index in [4.69, 9.17) is 23.2 Å². The summed E-state index contributed by atoms with van der Waals surface area (Å²) in [6, 6.07) is 14.4. The first-order valence-corrected chi connectivity index (χ1v) is 13.2. The number of fused-ring (bicyclic) bond motifs is 5. The normalized spacial score (nSPS) is 25.6. The first-order valence-electron chi connectivity index (χ1n) is 12.5. The zero-order chi connectivity index (χ0) is 27.2. The average molecular weight is 563 g/mol. The minimum Gasteiger partial charge on any atom is -0.361 e. The lowest BCUT2D eigenvalue weighted by molar-refractivity contribution is -0.130. The third-order valence-corrected chi connectivity index (χ3v) is 8.77. The highest BCUT2D eigenvalue weighted by molar-refractivity contribution is 6.32. The molecule has 3 aliphatic heterocycles. The van der Waals surface area contributed by atoms with Crippen LogP contribution in [-0.4, -0.2) is 28.7 Å². The maximum absolute atomic E-state index is 14.1. The van der Waals surface area contributed by atoms with Gasteiger partial charge in [0.1, 0.15) is 11.4 Å². The molecule has 4 atom stereocenters. The van der Waals surface area contributed by atoms with Crippen molar-refractivity contribution in [3.05, 3.63) is 93.3 Å². The van der Waals surface area contributed by atoms with E-state index in [1.165, 1.54) is 12.1 Å². The molecule has 3 aromatic carbocycles. The maximum Gasteiger partial charge on any atom is 0.250 e. The first-order chi connectivity index (χ1) is 18.7. The number of para-hydroxylation sites is 1. The first kappa shape index (κ1) is 24.3. The van der Waals surface area contributed by atoms with Gasteiger partial charge in [-0.15, -0.1) is 0 Å². The quantitative estimate of drug-likeness (QED) is 0.303. The van der Waals surface area contributed by atoms with Gasteiger partial charge < -0.3 is 10.3 Å². The number of carbonyl (C=O) groups excluding carboxylic acids is 3. The Labute approximate surface area is 232 Å². The molecular formula is C29H21Cl2FN4O3. The fourth-order valence-electron chi connectivity index (χ4n) is 6.62. The van der Waals surface area contributed by atoms with Gasteiger partial charge in [0.2, 0.25) is 17.7 Å². The third kappa shape index (κ3) is 3.28. The molecule has 2 fully saturated rings. The number of halogens is 3. The molecule has 4 heterocycles. The van der Waals surface area contributed by atoms with Gasteiger partial charge in [0.05, 0.1) is 22.5 Å². The van der Waals surface area contributed by atoms with Crippen molar-refractivity contribution >= 4 is 63.2 Å². The maximum atomic E-state index is 14.1. The van der Waals surface area contributed by atoms with Gasteiger partial charge in [-0.3, -0.25) is 19.7 Å². The summed E-state index contributed by atoms with van der Waals surface area (Å²) in [5.74, 6) is -4.03. The van der Waals surface area contributed by atoms with E-state index in [9.17, 15) is 18.8 Å². The van der Waals surface area contributed by atoms with Crippen molar-refractivity contribution in [3.8, 4) is 0 Å². The fourth-order valence-corrected chi connectivity index (χ4v) is 7.07. The Morgan fingerprint density at radius 1 is 1.03 bits per heavy atom. The van der Waals surface area contributed by atoms with Gasteiger partial charge in [-0.2, -0.15) is 0 Å². The van der Waals surface area contributed by atoms with Crippen LogP contribution in [0.2, 0.25) is 10.0 Å². The third-order valence-electron chi connectivity index (χ3n) is 8.26. The van der Waals surface area contributed by atoms with E-state index in [-0.39, 0.29) is 10.7 Å². The van der Waals surface area contributed by atoms with Crippen molar-refractivity contribution in [1.29, 1.82) is 0 Å². The van der Waals surface area contributed by atoms with E-state index in [2.05, 4.69) is 15.6 Å². The predicted octanol–water partition coefficient (Wildman–Crippen LogP) is 5.09. The summed E-state index contributed by atoms with van der Waals surface area (Å²) in [6.07, 6.45) is 2.26. The molecule has 0 saturated carbocycles. The highest BCUT2D eigenvalue weighted by Gasteiger charge is 2.70. The van der Waals surface area contributed by atoms with Gasteiger partial charge in [-0.1, -0.05) is 41.4 Å². The Hall–Kier alpha value is -3.72. The minimum atomic E-state index is -1.52. The number of carbonyl (C=O) groups is 3. The van der Waals surface area contributed by atoms with Crippen LogP contribution >= 0.6 is 23.2 Å². The summed E-state index contributed by atoms with van der Waals surface area (Å²) in [6.45, 7) is 1.83. The van der Waals surface area contributed by atoms with Crippen LogP contribution in [0.25, 0.3) is 10.9 Å². The van der Waals surface area contributed by atoms with E-state index in [1.54, 1.807) is 12.1 Å². The zero-order valence-corrected chi connectivity index (χ0v) is 22.0. The largest absolute Gasteiger partial charge is 0.361 e. The van der Waals surface area contributed by atoms with E-state index in [0.717, 1.165) is 33.0 Å². The molecular weight excluding hydrogens is 542 g/mol. The lowest BCUT2D eigenvalue weighted by Gasteiger charge is -2.29. The Bertz CT molecular complexity index is 1750. The molecule has 0 bridgehead atoms. The predicted molar refractivity (Wildman–Crippen MR) is 146 cm³/mol. The molecule has 1 spiro atoms. The van der Waals surface area contributed by atoms with Crippen LogP contribution in [0.5, 0.6) is 0 Å². The Morgan fingerprint density at radius 3 is 2.62 bits per heavy atom. The number of nitrogens with zero attached hydrogens (tertiary/aromatic N) is 1. The Morgan fingerprint density at radius 2 is 1.82 bits per heavy atom. The van der Waals surface area contributed by atoms with Crippen LogP contribution < -0.4 is 15.5 Å². The molecule has 2 unspecified atom stereocenters. The molecule has 3 aliphatic rings. The molecule has 7 rings (SSSR count). The van der Waals surface area contributed by atoms with Crippen LogP contribution in [0.1, 0.15) is 16.7 Å². The number of amides is 3. The summed E-state index contributed by atoms with van der Waals surface area (Å²) in [4.78, 5) is 46.3. The number of aromatic amines is 1. The second-order valence-electron chi connectivity index (χ2n) is 10.3. The van der Waals surface area contributed by atoms with Crippen LogP contribution in [0.15, 0.2) is 60.8 Å². The minimum absolute atomic E-state index is 0.160. The van der Waals surface area contributed by atoms with Crippen molar-refractivity contribution in [2.24, 2.45) is 11.8 Å². The van der Waals surface area contributed by atoms with E-state index >= 15 is 0 Å². The molecule has 2 saturated heterocycles. The number of H-pyrrole nitrogens is 1. The standard InChI is InChI=1S/C29H21Cl2FN4O3/c1-13-8-15(30)10-18-25(13)34-28(39)29(18)24-23(22(35-29)9-14-12-33-21-5-3-2-4-17(14)21)26(37)36(27(24)38)16-6-7-20(32)19(31)11-16/h2-8,10-12,22-24,33,35H,9H2,1H3,(H,34,39)/t22?,23-,24+,29?/m1/s1. The Balaban J connectivity index is 1.40. The number of aryl methyl sites for hydroxylation is 1. The fraction of sp³-hybridized carbons (Fsp3) is 0.207. The molecule has 39 heavy (non-hydrogen) atoms. The lowest BCUT2D eigenvalue weighted by atomic mass is 9.76. The lowest BCUT2D eigenvalue weighted by Crippen LogP contribution is -2.53. The van der Waals surface area contributed by atoms with E-state index in [0.29, 0.717) is 22.7 Å². The van der Waals surface area contributed by atoms with Gasteiger partial charge in [0, 0.05) is 39.4 Å². The monoisotopic (exact) mass is 562 g/mol. The number of hydrogen-bond donors (Lipinski definition) is 3. The molecule has 4 aromatic rings. The summed E-state index contributed by atoms with van der Waals surface area (Å²) in [7, 11) is 0. The number of anilines is 2. The van der Waals surface area contributed by atoms with Crippen LogP contribution in [0, 0.1) is 24.6 Å². The summed E-state index contributed by atoms with van der Waals surface area (Å²) in [5, 5.41) is 7.58. The van der Waals surface area contributed by atoms with Crippen molar-refractivity contribution in [2.45, 2.75) is 24.9 Å². The molecule has 3 amide bonds. The topological polar surface area (TPSA) is 94.3 Å². The van der Waals surface area contributed by atoms with Gasteiger partial charge in [-0.05, 0) is 60.9 Å². The number of rotatable bonds is 3. The van der Waals surface area contributed by atoms with E-state index in [1.807, 2.05) is 37.4 Å². The molecule has 196 valence electrons. The van der Waals surface area contributed by atoms with Crippen LogP contribution in [-0.2, 0) is 26.3 Å². The Kier molecular flexibility index (Phi) is 5.23. The second-order valence-corrected chi connectivity index (χ2v) is 11.2. The zero-order valence-electron chi connectivity index (χ0n) is 20.5. The highest BCUT2D eigenvalue weighted by Crippen LogP contribution is 2.55.